The van der Waals surface area contributed by atoms with Crippen LogP contribution in [0.25, 0.3) is 10.9 Å². The molecule has 112 valence electrons. The zero-order valence-corrected chi connectivity index (χ0v) is 13.4. The van der Waals surface area contributed by atoms with Crippen LogP contribution >= 0.6 is 8.60 Å². The summed E-state index contributed by atoms with van der Waals surface area (Å²) >= 11 is 0. The fraction of sp³-hybridized carbons (Fsp3) is 0.429. The van der Waals surface area contributed by atoms with Crippen molar-refractivity contribution in [3.05, 3.63) is 30.0 Å². The van der Waals surface area contributed by atoms with Crippen LogP contribution in [-0.4, -0.2) is 35.4 Å². The zero-order valence-electron chi connectivity index (χ0n) is 12.5. The highest BCUT2D eigenvalue weighted by Gasteiger charge is 2.13. The molecule has 20 heavy (non-hydrogen) atoms. The maximum atomic E-state index is 9.00. The van der Waals surface area contributed by atoms with Gasteiger partial charge in [-0.3, -0.25) is 0 Å². The van der Waals surface area contributed by atoms with Gasteiger partial charge in [-0.2, -0.15) is 0 Å². The lowest BCUT2D eigenvalue weighted by Crippen LogP contribution is -3.05. The average molecular weight is 299 g/mol. The molecule has 6 heteroatoms. The minimum atomic E-state index is -2.38. The predicted molar refractivity (Wildman–Crippen MR) is 83.0 cm³/mol. The maximum absolute atomic E-state index is 9.00. The first-order valence-corrected chi connectivity index (χ1v) is 7.98. The number of H-pyrrole nitrogens is 1. The van der Waals surface area contributed by atoms with Crippen molar-refractivity contribution in [3.63, 3.8) is 0 Å². The minimum absolute atomic E-state index is 0.522. The van der Waals surface area contributed by atoms with Gasteiger partial charge in [0, 0.05) is 23.5 Å². The first-order valence-electron chi connectivity index (χ1n) is 6.82. The Morgan fingerprint density at radius 3 is 2.55 bits per heavy atom. The quantitative estimate of drug-likeness (QED) is 0.632. The summed E-state index contributed by atoms with van der Waals surface area (Å²) in [5.41, 5.74) is 2.09. The van der Waals surface area contributed by atoms with Gasteiger partial charge in [-0.1, -0.05) is 19.9 Å². The second-order valence-electron chi connectivity index (χ2n) is 4.54. The molecule has 0 fully saturated rings. The van der Waals surface area contributed by atoms with Crippen LogP contribution in [0.5, 0.6) is 5.75 Å². The van der Waals surface area contributed by atoms with E-state index in [-0.39, 0.29) is 0 Å². The first kappa shape index (κ1) is 16.9. The van der Waals surface area contributed by atoms with Gasteiger partial charge in [0.15, 0.2) is 0 Å². The highest BCUT2D eigenvalue weighted by atomic mass is 31.2. The number of fused-ring (bicyclic) bond motifs is 1. The van der Waals surface area contributed by atoms with Gasteiger partial charge in [0.25, 0.3) is 0 Å². The minimum Gasteiger partial charge on any atom is -0.426 e. The molecule has 0 amide bonds. The van der Waals surface area contributed by atoms with E-state index >= 15 is 0 Å². The van der Waals surface area contributed by atoms with E-state index in [1.807, 2.05) is 32.2 Å². The van der Waals surface area contributed by atoms with E-state index in [1.165, 1.54) is 4.90 Å². The summed E-state index contributed by atoms with van der Waals surface area (Å²) in [4.78, 5) is 22.5. The van der Waals surface area contributed by atoms with Crippen molar-refractivity contribution in [1.29, 1.82) is 0 Å². The molecule has 0 bridgehead atoms. The Morgan fingerprint density at radius 2 is 1.95 bits per heavy atom. The van der Waals surface area contributed by atoms with Crippen LogP contribution in [0.3, 0.4) is 0 Å². The zero-order chi connectivity index (χ0) is 15.1. The van der Waals surface area contributed by atoms with Crippen LogP contribution in [0.15, 0.2) is 24.4 Å². The van der Waals surface area contributed by atoms with Crippen molar-refractivity contribution in [2.75, 3.05) is 20.6 Å². The summed E-state index contributed by atoms with van der Waals surface area (Å²) in [5, 5.41) is 0.939. The largest absolute Gasteiger partial charge is 0.426 e. The molecule has 4 N–H and O–H groups in total. The summed E-state index contributed by atoms with van der Waals surface area (Å²) in [6, 6.07) is 5.53. The molecule has 0 atom stereocenters. The highest BCUT2D eigenvalue weighted by Crippen LogP contribution is 2.36. The lowest BCUT2D eigenvalue weighted by atomic mass is 10.1. The summed E-state index contributed by atoms with van der Waals surface area (Å²) in [5.74, 6) is 0.522. The number of likely N-dealkylation sites (N-methyl/N-ethyl adjacent to an activating group) is 1. The van der Waals surface area contributed by atoms with Gasteiger partial charge >= 0.3 is 8.60 Å². The van der Waals surface area contributed by atoms with Crippen molar-refractivity contribution in [3.8, 4) is 5.75 Å². The van der Waals surface area contributed by atoms with Gasteiger partial charge in [-0.15, -0.1) is 0 Å². The molecule has 1 aromatic heterocycles. The number of quaternary nitrogens is 1. The molecule has 2 aromatic rings. The lowest BCUT2D eigenvalue weighted by molar-refractivity contribution is -0.858. The highest BCUT2D eigenvalue weighted by molar-refractivity contribution is 7.39. The van der Waals surface area contributed by atoms with Crippen molar-refractivity contribution < 1.29 is 19.2 Å². The molecule has 0 unspecified atom stereocenters. The van der Waals surface area contributed by atoms with Gasteiger partial charge in [-0.25, -0.2) is 0 Å². The third-order valence-electron chi connectivity index (χ3n) is 2.82. The molecule has 0 spiro atoms. The first-order chi connectivity index (χ1) is 9.58. The van der Waals surface area contributed by atoms with E-state index in [0.717, 1.165) is 29.4 Å². The Morgan fingerprint density at radius 1 is 1.25 bits per heavy atom. The molecular formula is C14H24N2O3P+. The molecule has 0 aliphatic heterocycles. The Bertz CT molecular complexity index is 526. The maximum Gasteiger partial charge on any atom is 0.391 e. The van der Waals surface area contributed by atoms with E-state index < -0.39 is 8.60 Å². The van der Waals surface area contributed by atoms with E-state index in [2.05, 4.69) is 19.1 Å². The van der Waals surface area contributed by atoms with E-state index in [0.29, 0.717) is 5.75 Å². The Balaban J connectivity index is 0.000000956. The van der Waals surface area contributed by atoms with Gasteiger partial charge in [0.1, 0.15) is 5.75 Å². The molecule has 0 aliphatic rings. The molecule has 0 saturated heterocycles. The third kappa shape index (κ3) is 4.46. The Labute approximate surface area is 121 Å². The average Bonchev–Trinajstić information content (AvgIpc) is 2.82. The number of hydrogen-bond acceptors (Lipinski definition) is 3. The van der Waals surface area contributed by atoms with Crippen molar-refractivity contribution in [2.45, 2.75) is 20.3 Å². The van der Waals surface area contributed by atoms with Crippen molar-refractivity contribution in [2.24, 2.45) is 0 Å². The van der Waals surface area contributed by atoms with Gasteiger partial charge in [0.05, 0.1) is 20.6 Å². The third-order valence-corrected chi connectivity index (χ3v) is 3.18. The van der Waals surface area contributed by atoms with Crippen LogP contribution in [0.1, 0.15) is 19.4 Å². The topological polar surface area (TPSA) is 69.9 Å². The number of benzene rings is 1. The number of aromatic amines is 1. The van der Waals surface area contributed by atoms with E-state index in [4.69, 9.17) is 14.3 Å². The molecule has 5 nitrogen and oxygen atoms in total. The number of hydrogen-bond donors (Lipinski definition) is 4. The van der Waals surface area contributed by atoms with E-state index in [9.17, 15) is 0 Å². The normalized spacial score (nSPS) is 10.8. The molecule has 0 saturated carbocycles. The van der Waals surface area contributed by atoms with Gasteiger partial charge in [0.2, 0.25) is 0 Å². The van der Waals surface area contributed by atoms with Gasteiger partial charge in [-0.05, 0) is 17.7 Å². The second kappa shape index (κ2) is 8.22. The van der Waals surface area contributed by atoms with Crippen LogP contribution in [-0.2, 0) is 6.42 Å². The second-order valence-corrected chi connectivity index (χ2v) is 5.23. The fourth-order valence-electron chi connectivity index (χ4n) is 1.97. The molecule has 0 aliphatic carbocycles. The molecule has 0 radical (unpaired) electrons. The predicted octanol–water partition coefficient (Wildman–Crippen LogP) is 1.47. The van der Waals surface area contributed by atoms with Crippen LogP contribution in [0.2, 0.25) is 0 Å². The molecular weight excluding hydrogens is 275 g/mol. The summed E-state index contributed by atoms with van der Waals surface area (Å²) in [7, 11) is 1.82. The van der Waals surface area contributed by atoms with Gasteiger partial charge < -0.3 is 24.2 Å². The summed E-state index contributed by atoms with van der Waals surface area (Å²) in [6.45, 7) is 5.01. The van der Waals surface area contributed by atoms with Crippen LogP contribution in [0, 0.1) is 0 Å². The van der Waals surface area contributed by atoms with E-state index in [1.54, 1.807) is 6.07 Å². The van der Waals surface area contributed by atoms with Crippen molar-refractivity contribution >= 4 is 19.5 Å². The summed E-state index contributed by atoms with van der Waals surface area (Å²) < 4.78 is 5.08. The standard InChI is InChI=1S/C12H17N2O3P.C2H6/c1-14(2)7-6-9-8-13-10-4-3-5-11(12(9)10)17-18(15)16;1-2/h3-5,8,13,15-16H,6-7H2,1-2H3;1-2H3/p+1. The SMILES string of the molecule is CC.C[NH+](C)CCc1c[nH]c2cccc(OP(O)O)c12. The number of aromatic nitrogens is 1. The fourth-order valence-corrected chi connectivity index (χ4v) is 2.29. The molecule has 1 heterocycles. The summed E-state index contributed by atoms with van der Waals surface area (Å²) in [6.07, 6.45) is 2.87. The monoisotopic (exact) mass is 299 g/mol. The number of nitrogens with one attached hydrogen (secondary N) is 2. The molecule has 1 aromatic carbocycles. The Kier molecular flexibility index (Phi) is 6.96. The van der Waals surface area contributed by atoms with Crippen LogP contribution in [0.4, 0.5) is 0 Å². The Hall–Kier alpha value is -1.13. The van der Waals surface area contributed by atoms with Crippen molar-refractivity contribution in [1.82, 2.24) is 4.98 Å². The lowest BCUT2D eigenvalue weighted by Gasteiger charge is -2.09. The van der Waals surface area contributed by atoms with Crippen LogP contribution < -0.4 is 9.42 Å². The smallest absolute Gasteiger partial charge is 0.391 e. The number of rotatable bonds is 5. The molecule has 2 rings (SSSR count).